The van der Waals surface area contributed by atoms with Crippen molar-refractivity contribution in [2.24, 2.45) is 0 Å². The summed E-state index contributed by atoms with van der Waals surface area (Å²) in [5.41, 5.74) is 3.88. The summed E-state index contributed by atoms with van der Waals surface area (Å²) in [6, 6.07) is 20.6. The van der Waals surface area contributed by atoms with E-state index in [4.69, 9.17) is 0 Å². The van der Waals surface area contributed by atoms with Crippen molar-refractivity contribution in [1.29, 1.82) is 0 Å². The highest BCUT2D eigenvalue weighted by molar-refractivity contribution is 5.45. The first kappa shape index (κ1) is 26.4. The lowest BCUT2D eigenvalue weighted by molar-refractivity contribution is 0.590. The summed E-state index contributed by atoms with van der Waals surface area (Å²) in [6.07, 6.45) is 6.83. The number of rotatable bonds is 3. The molecule has 2 rings (SSSR count). The summed E-state index contributed by atoms with van der Waals surface area (Å²) in [5.74, 6) is 0. The van der Waals surface area contributed by atoms with Gasteiger partial charge in [-0.3, -0.25) is 0 Å². The van der Waals surface area contributed by atoms with E-state index in [0.717, 1.165) is 5.57 Å². The Morgan fingerprint density at radius 2 is 1.11 bits per heavy atom. The second kappa shape index (κ2) is 16.6. The van der Waals surface area contributed by atoms with E-state index in [1.807, 2.05) is 43.3 Å². The van der Waals surface area contributed by atoms with Crippen LogP contribution in [0.2, 0.25) is 0 Å². The fourth-order valence-electron chi connectivity index (χ4n) is 1.53. The lowest BCUT2D eigenvalue weighted by atomic mass is 9.87. The third kappa shape index (κ3) is 17.7. The molecule has 2 aromatic rings. The predicted octanol–water partition coefficient (Wildman–Crippen LogP) is 8.42. The van der Waals surface area contributed by atoms with E-state index in [1.54, 1.807) is 18.2 Å². The van der Waals surface area contributed by atoms with Gasteiger partial charge in [-0.2, -0.15) is 0 Å². The standard InChI is InChI=1S/C10H14.C8H8.C5H8.C4H6/c1-10(2,3)9-7-5-4-6-8-9;1-2-8-6-4-3-5-7-8;1-4-5(2)3;1-3-4-2/h4-8H,1-3H3;2-7H,1H2;4H,1-2H2,3H3;3-4H,1-2H2. The molecule has 0 atom stereocenters. The molecule has 0 nitrogen and oxygen atoms in total. The SMILES string of the molecule is C=CC(=C)C.C=CC=C.C=Cc1ccccc1.CC(C)(C)c1ccccc1. The smallest absolute Gasteiger partial charge is 0.0132 e. The van der Waals surface area contributed by atoms with Crippen molar-refractivity contribution in [3.05, 3.63) is 128 Å². The van der Waals surface area contributed by atoms with Crippen LogP contribution in [-0.4, -0.2) is 0 Å². The number of benzene rings is 2. The molecule has 0 fully saturated rings. The Kier molecular flexibility index (Phi) is 16.2. The van der Waals surface area contributed by atoms with Gasteiger partial charge in [0.15, 0.2) is 0 Å². The van der Waals surface area contributed by atoms with E-state index in [9.17, 15) is 0 Å². The molecule has 0 aliphatic rings. The molecule has 0 unspecified atom stereocenters. The van der Waals surface area contributed by atoms with Crippen LogP contribution in [0, 0.1) is 0 Å². The first-order valence-electron chi connectivity index (χ1n) is 8.97. The quantitative estimate of drug-likeness (QED) is 0.482. The molecular weight excluding hydrogens is 324 g/mol. The molecule has 0 heterocycles. The van der Waals surface area contributed by atoms with Crippen LogP contribution in [-0.2, 0) is 5.41 Å². The van der Waals surface area contributed by atoms with Crippen LogP contribution in [0.3, 0.4) is 0 Å². The maximum Gasteiger partial charge on any atom is -0.0132 e. The van der Waals surface area contributed by atoms with Crippen molar-refractivity contribution >= 4 is 6.08 Å². The number of hydrogen-bond donors (Lipinski definition) is 0. The van der Waals surface area contributed by atoms with Gasteiger partial charge in [0, 0.05) is 0 Å². The Labute approximate surface area is 168 Å². The first-order valence-corrected chi connectivity index (χ1v) is 8.97. The van der Waals surface area contributed by atoms with Crippen LogP contribution < -0.4 is 0 Å². The van der Waals surface area contributed by atoms with Crippen LogP contribution >= 0.6 is 0 Å². The van der Waals surface area contributed by atoms with E-state index in [0.29, 0.717) is 5.41 Å². The Balaban J connectivity index is 0. The van der Waals surface area contributed by atoms with Crippen LogP contribution in [0.5, 0.6) is 0 Å². The average Bonchev–Trinajstić information content (AvgIpc) is 2.69. The third-order valence-corrected chi connectivity index (χ3v) is 3.19. The molecule has 0 N–H and O–H groups in total. The van der Waals surface area contributed by atoms with Crippen molar-refractivity contribution in [2.45, 2.75) is 33.1 Å². The van der Waals surface area contributed by atoms with E-state index in [1.165, 1.54) is 11.1 Å². The Morgan fingerprint density at radius 3 is 1.30 bits per heavy atom. The van der Waals surface area contributed by atoms with Gasteiger partial charge in [0.2, 0.25) is 0 Å². The molecule has 0 saturated heterocycles. The topological polar surface area (TPSA) is 0 Å². The van der Waals surface area contributed by atoms with E-state index in [-0.39, 0.29) is 0 Å². The molecule has 0 aliphatic carbocycles. The molecule has 0 aliphatic heterocycles. The zero-order chi connectivity index (χ0) is 21.1. The largest absolute Gasteiger partial charge is 0.0991 e. The summed E-state index contributed by atoms with van der Waals surface area (Å²) in [7, 11) is 0. The molecule has 0 radical (unpaired) electrons. The summed E-state index contributed by atoms with van der Waals surface area (Å²) in [5, 5.41) is 0. The maximum atomic E-state index is 3.63. The highest BCUT2D eigenvalue weighted by Crippen LogP contribution is 2.20. The van der Waals surface area contributed by atoms with E-state index >= 15 is 0 Å². The number of hydrogen-bond acceptors (Lipinski definition) is 0. The maximum absolute atomic E-state index is 3.63. The van der Waals surface area contributed by atoms with E-state index in [2.05, 4.69) is 84.0 Å². The van der Waals surface area contributed by atoms with Gasteiger partial charge >= 0.3 is 0 Å². The van der Waals surface area contributed by atoms with Crippen LogP contribution in [0.15, 0.2) is 117 Å². The van der Waals surface area contributed by atoms with Crippen LogP contribution in [0.1, 0.15) is 38.8 Å². The van der Waals surface area contributed by atoms with Gasteiger partial charge < -0.3 is 0 Å². The molecular formula is C27H36. The summed E-state index contributed by atoms with van der Waals surface area (Å²) >= 11 is 0. The summed E-state index contributed by atoms with van der Waals surface area (Å²) < 4.78 is 0. The van der Waals surface area contributed by atoms with Crippen molar-refractivity contribution in [3.8, 4) is 0 Å². The molecule has 0 heteroatoms. The Hall–Kier alpha value is -2.86. The Morgan fingerprint density at radius 1 is 0.741 bits per heavy atom. The van der Waals surface area contributed by atoms with Gasteiger partial charge in [-0.15, -0.1) is 0 Å². The minimum Gasteiger partial charge on any atom is -0.0991 e. The van der Waals surface area contributed by atoms with Crippen LogP contribution in [0.25, 0.3) is 6.08 Å². The van der Waals surface area contributed by atoms with Crippen LogP contribution in [0.4, 0.5) is 0 Å². The summed E-state index contributed by atoms with van der Waals surface area (Å²) in [6.45, 7) is 26.0. The molecule has 0 bridgehead atoms. The zero-order valence-electron chi connectivity index (χ0n) is 17.6. The van der Waals surface area contributed by atoms with Gasteiger partial charge in [0.25, 0.3) is 0 Å². The molecule has 144 valence electrons. The van der Waals surface area contributed by atoms with Crippen molar-refractivity contribution in [1.82, 2.24) is 0 Å². The fraction of sp³-hybridized carbons (Fsp3) is 0.185. The highest BCUT2D eigenvalue weighted by atomic mass is 14.2. The summed E-state index contributed by atoms with van der Waals surface area (Å²) in [4.78, 5) is 0. The van der Waals surface area contributed by atoms with Crippen molar-refractivity contribution in [2.75, 3.05) is 0 Å². The van der Waals surface area contributed by atoms with Gasteiger partial charge in [-0.1, -0.05) is 144 Å². The minimum absolute atomic E-state index is 0.293. The monoisotopic (exact) mass is 360 g/mol. The fourth-order valence-corrected chi connectivity index (χ4v) is 1.53. The molecule has 0 amide bonds. The van der Waals surface area contributed by atoms with Crippen molar-refractivity contribution in [3.63, 3.8) is 0 Å². The van der Waals surface area contributed by atoms with Gasteiger partial charge in [-0.25, -0.2) is 0 Å². The van der Waals surface area contributed by atoms with Gasteiger partial charge in [-0.05, 0) is 23.5 Å². The highest BCUT2D eigenvalue weighted by Gasteiger charge is 2.11. The average molecular weight is 361 g/mol. The minimum atomic E-state index is 0.293. The second-order valence-corrected chi connectivity index (χ2v) is 6.75. The Bertz CT molecular complexity index is 646. The molecule has 2 aromatic carbocycles. The third-order valence-electron chi connectivity index (χ3n) is 3.19. The normalized spacial score (nSPS) is 8.74. The lowest BCUT2D eigenvalue weighted by Gasteiger charge is -2.18. The molecule has 0 saturated carbocycles. The lowest BCUT2D eigenvalue weighted by Crippen LogP contribution is -2.10. The molecule has 0 aromatic heterocycles. The van der Waals surface area contributed by atoms with E-state index < -0.39 is 0 Å². The van der Waals surface area contributed by atoms with Gasteiger partial charge in [0.05, 0.1) is 0 Å². The van der Waals surface area contributed by atoms with Gasteiger partial charge in [0.1, 0.15) is 0 Å². The molecule has 0 spiro atoms. The zero-order valence-corrected chi connectivity index (χ0v) is 17.6. The predicted molar refractivity (Wildman–Crippen MR) is 127 cm³/mol. The van der Waals surface area contributed by atoms with Crippen molar-refractivity contribution < 1.29 is 0 Å². The number of allylic oxidation sites excluding steroid dienone is 4. The second-order valence-electron chi connectivity index (χ2n) is 6.75. The first-order chi connectivity index (χ1) is 12.7. The molecule has 27 heavy (non-hydrogen) atoms.